The number of ether oxygens (including phenoxy) is 2. The Morgan fingerprint density at radius 2 is 1.95 bits per heavy atom. The van der Waals surface area contributed by atoms with Crippen molar-refractivity contribution in [1.82, 2.24) is 0 Å². The Morgan fingerprint density at radius 3 is 2.55 bits per heavy atom. The second kappa shape index (κ2) is 3.66. The molecule has 2 aliphatic heterocycles. The van der Waals surface area contributed by atoms with Crippen LogP contribution in [0.3, 0.4) is 0 Å². The lowest BCUT2D eigenvalue weighted by Crippen LogP contribution is -2.30. The van der Waals surface area contributed by atoms with E-state index in [2.05, 4.69) is 6.92 Å². The van der Waals surface area contributed by atoms with Crippen LogP contribution < -0.4 is 0 Å². The fourth-order valence-electron chi connectivity index (χ4n) is 4.70. The summed E-state index contributed by atoms with van der Waals surface area (Å²) in [5, 5.41) is 9.59. The monoisotopic (exact) mass is 278 g/mol. The van der Waals surface area contributed by atoms with E-state index in [0.29, 0.717) is 5.57 Å². The Hall–Kier alpha value is -0.870. The molecule has 3 fully saturated rings. The van der Waals surface area contributed by atoms with E-state index in [9.17, 15) is 9.90 Å². The van der Waals surface area contributed by atoms with Crippen LogP contribution in [0.25, 0.3) is 0 Å². The lowest BCUT2D eigenvalue weighted by Gasteiger charge is -2.37. The first kappa shape index (κ1) is 12.8. The summed E-state index contributed by atoms with van der Waals surface area (Å²) in [6.07, 6.45) is 7.98. The van der Waals surface area contributed by atoms with Crippen molar-refractivity contribution in [3.05, 3.63) is 11.1 Å². The number of epoxide rings is 2. The Morgan fingerprint density at radius 1 is 1.30 bits per heavy atom. The molecule has 0 aromatic rings. The van der Waals surface area contributed by atoms with E-state index in [1.165, 1.54) is 32.1 Å². The van der Waals surface area contributed by atoms with Gasteiger partial charge in [-0.15, -0.1) is 0 Å². The maximum Gasteiger partial charge on any atom is 0.331 e. The van der Waals surface area contributed by atoms with Crippen molar-refractivity contribution in [2.24, 2.45) is 11.3 Å². The standard InChI is InChI=1S/C16H22O4/c1-10-12(13(17)18)11(9-15-16(10,19-15)20-15)8-14(2)6-4-3-5-7-14/h11H,3-9H2,1-2H3,(H,17,18). The second-order valence-corrected chi connectivity index (χ2v) is 7.39. The predicted molar refractivity (Wildman–Crippen MR) is 71.9 cm³/mol. The highest BCUT2D eigenvalue weighted by molar-refractivity contribution is 5.89. The quantitative estimate of drug-likeness (QED) is 0.805. The van der Waals surface area contributed by atoms with Crippen LogP contribution >= 0.6 is 0 Å². The summed E-state index contributed by atoms with van der Waals surface area (Å²) in [6.45, 7) is 4.19. The summed E-state index contributed by atoms with van der Waals surface area (Å²) in [7, 11) is 0. The number of carbonyl (C=O) groups is 1. The van der Waals surface area contributed by atoms with E-state index < -0.39 is 17.5 Å². The molecular weight excluding hydrogens is 256 g/mol. The molecule has 1 unspecified atom stereocenters. The first-order chi connectivity index (χ1) is 9.42. The molecule has 0 bridgehead atoms. The van der Waals surface area contributed by atoms with Gasteiger partial charge < -0.3 is 14.6 Å². The Bertz CT molecular complexity index is 507. The summed E-state index contributed by atoms with van der Waals surface area (Å²) in [6, 6.07) is 0. The number of hydrogen-bond donors (Lipinski definition) is 1. The first-order valence-corrected chi connectivity index (χ1v) is 7.76. The molecule has 1 atom stereocenters. The van der Waals surface area contributed by atoms with Crippen molar-refractivity contribution in [3.8, 4) is 0 Å². The summed E-state index contributed by atoms with van der Waals surface area (Å²) in [5.41, 5.74) is 1.65. The fourth-order valence-corrected chi connectivity index (χ4v) is 4.70. The number of carboxylic acid groups (broad SMARTS) is 1. The van der Waals surface area contributed by atoms with Gasteiger partial charge in [-0.25, -0.2) is 4.79 Å². The average molecular weight is 278 g/mol. The normalized spacial score (nSPS) is 44.6. The van der Waals surface area contributed by atoms with E-state index in [-0.39, 0.29) is 11.3 Å². The number of hydrogen-bond acceptors (Lipinski definition) is 3. The molecule has 110 valence electrons. The van der Waals surface area contributed by atoms with Crippen LogP contribution in [0.1, 0.15) is 58.8 Å². The van der Waals surface area contributed by atoms with E-state index in [0.717, 1.165) is 18.4 Å². The predicted octanol–water partition coefficient (Wildman–Crippen LogP) is 3.22. The van der Waals surface area contributed by atoms with Crippen molar-refractivity contribution in [3.63, 3.8) is 0 Å². The zero-order valence-corrected chi connectivity index (χ0v) is 12.2. The van der Waals surface area contributed by atoms with E-state index in [1.807, 2.05) is 6.92 Å². The minimum atomic E-state index is -0.791. The van der Waals surface area contributed by atoms with Crippen LogP contribution in [-0.2, 0) is 14.3 Å². The molecule has 1 saturated carbocycles. The fraction of sp³-hybridized carbons (Fsp3) is 0.812. The number of carboxylic acids is 1. The lowest BCUT2D eigenvalue weighted by molar-refractivity contribution is -0.133. The molecule has 20 heavy (non-hydrogen) atoms. The summed E-state index contributed by atoms with van der Waals surface area (Å²) in [4.78, 5) is 11.7. The topological polar surface area (TPSA) is 62.4 Å². The molecule has 2 aliphatic carbocycles. The van der Waals surface area contributed by atoms with Gasteiger partial charge in [0.2, 0.25) is 5.79 Å². The summed E-state index contributed by atoms with van der Waals surface area (Å²) in [5.74, 6) is -1.79. The van der Waals surface area contributed by atoms with Crippen molar-refractivity contribution in [2.75, 3.05) is 0 Å². The number of rotatable bonds is 3. The highest BCUT2D eigenvalue weighted by Gasteiger charge is 2.93. The van der Waals surface area contributed by atoms with E-state index in [4.69, 9.17) is 9.47 Å². The molecular formula is C16H22O4. The van der Waals surface area contributed by atoms with Gasteiger partial charge in [-0.05, 0) is 37.5 Å². The molecule has 0 radical (unpaired) electrons. The van der Waals surface area contributed by atoms with E-state index >= 15 is 0 Å². The summed E-state index contributed by atoms with van der Waals surface area (Å²) >= 11 is 0. The third-order valence-electron chi connectivity index (χ3n) is 5.89. The minimum Gasteiger partial charge on any atom is -0.478 e. The highest BCUT2D eigenvalue weighted by Crippen LogP contribution is 2.77. The van der Waals surface area contributed by atoms with Crippen LogP contribution in [0, 0.1) is 11.3 Å². The molecule has 4 aliphatic rings. The van der Waals surface area contributed by atoms with Gasteiger partial charge in [-0.2, -0.15) is 0 Å². The second-order valence-electron chi connectivity index (χ2n) is 7.39. The van der Waals surface area contributed by atoms with Crippen LogP contribution in [0.2, 0.25) is 0 Å². The highest BCUT2D eigenvalue weighted by atomic mass is 17.0. The van der Waals surface area contributed by atoms with Gasteiger partial charge >= 0.3 is 5.97 Å². The molecule has 4 rings (SSSR count). The molecule has 0 aromatic heterocycles. The van der Waals surface area contributed by atoms with Crippen molar-refractivity contribution >= 4 is 5.97 Å². The smallest absolute Gasteiger partial charge is 0.331 e. The molecule has 0 aromatic carbocycles. The Kier molecular flexibility index (Phi) is 2.35. The molecule has 2 saturated heterocycles. The third kappa shape index (κ3) is 1.52. The Labute approximate surface area is 119 Å². The van der Waals surface area contributed by atoms with Crippen molar-refractivity contribution in [1.29, 1.82) is 0 Å². The molecule has 0 amide bonds. The largest absolute Gasteiger partial charge is 0.478 e. The summed E-state index contributed by atoms with van der Waals surface area (Å²) < 4.78 is 11.3. The van der Waals surface area contributed by atoms with Gasteiger partial charge in [0.15, 0.2) is 0 Å². The third-order valence-corrected chi connectivity index (χ3v) is 5.89. The van der Waals surface area contributed by atoms with Gasteiger partial charge in [0, 0.05) is 17.6 Å². The van der Waals surface area contributed by atoms with Gasteiger partial charge in [0.1, 0.15) is 0 Å². The average Bonchev–Trinajstić information content (AvgIpc) is 3.15. The van der Waals surface area contributed by atoms with Crippen LogP contribution in [-0.4, -0.2) is 22.7 Å². The van der Waals surface area contributed by atoms with Crippen LogP contribution in [0.4, 0.5) is 0 Å². The van der Waals surface area contributed by atoms with Gasteiger partial charge in [-0.1, -0.05) is 26.2 Å². The zero-order valence-electron chi connectivity index (χ0n) is 12.2. The van der Waals surface area contributed by atoms with Crippen LogP contribution in [0.15, 0.2) is 11.1 Å². The molecule has 0 spiro atoms. The maximum atomic E-state index is 11.7. The SMILES string of the molecule is CC1=C(C(=O)O)C(CC2(C)CCCCC2)CC23OC12O3. The lowest BCUT2D eigenvalue weighted by atomic mass is 9.67. The van der Waals surface area contributed by atoms with Crippen molar-refractivity contribution in [2.45, 2.75) is 70.4 Å². The van der Waals surface area contributed by atoms with E-state index in [1.54, 1.807) is 0 Å². The first-order valence-electron chi connectivity index (χ1n) is 7.76. The molecule has 1 N–H and O–H groups in total. The molecule has 2 heterocycles. The minimum absolute atomic E-state index is 0.0775. The Balaban J connectivity index is 1.61. The zero-order chi connectivity index (χ0) is 14.2. The molecule has 4 nitrogen and oxygen atoms in total. The number of aliphatic carboxylic acids is 1. The van der Waals surface area contributed by atoms with Gasteiger partial charge in [0.05, 0.1) is 0 Å². The van der Waals surface area contributed by atoms with Crippen molar-refractivity contribution < 1.29 is 19.4 Å². The maximum absolute atomic E-state index is 11.7. The van der Waals surface area contributed by atoms with Gasteiger partial charge in [0.25, 0.3) is 5.79 Å². The van der Waals surface area contributed by atoms with Gasteiger partial charge in [-0.3, -0.25) is 0 Å². The molecule has 4 heteroatoms. The van der Waals surface area contributed by atoms with Crippen LogP contribution in [0.5, 0.6) is 0 Å².